The van der Waals surface area contributed by atoms with Crippen LogP contribution in [0.1, 0.15) is 31.7 Å². The lowest BCUT2D eigenvalue weighted by atomic mass is 10.2. The Morgan fingerprint density at radius 2 is 2.29 bits per heavy atom. The van der Waals surface area contributed by atoms with Crippen molar-refractivity contribution < 1.29 is 4.39 Å². The summed E-state index contributed by atoms with van der Waals surface area (Å²) in [5.41, 5.74) is 0.694. The number of nitrogens with one attached hydrogen (secondary N) is 1. The minimum absolute atomic E-state index is 0.165. The lowest BCUT2D eigenvalue weighted by Gasteiger charge is -2.24. The third-order valence-corrected chi connectivity index (χ3v) is 3.04. The molecule has 1 aliphatic rings. The van der Waals surface area contributed by atoms with Gasteiger partial charge in [-0.15, -0.1) is 0 Å². The molecule has 0 bridgehead atoms. The second-order valence-corrected chi connectivity index (χ2v) is 4.56. The Morgan fingerprint density at radius 1 is 1.53 bits per heavy atom. The SMILES string of the molecule is CCCN(c1nccc(CNC)c1F)C1CC1. The lowest BCUT2D eigenvalue weighted by molar-refractivity contribution is 0.582. The molecule has 1 saturated carbocycles. The van der Waals surface area contributed by atoms with Gasteiger partial charge in [0.1, 0.15) is 0 Å². The van der Waals surface area contributed by atoms with Crippen LogP contribution in [-0.2, 0) is 6.54 Å². The first kappa shape index (κ1) is 12.3. The van der Waals surface area contributed by atoms with Crippen LogP contribution >= 0.6 is 0 Å². The van der Waals surface area contributed by atoms with E-state index in [4.69, 9.17) is 0 Å². The second kappa shape index (κ2) is 5.45. The van der Waals surface area contributed by atoms with E-state index in [-0.39, 0.29) is 5.82 Å². The van der Waals surface area contributed by atoms with Gasteiger partial charge in [0.2, 0.25) is 0 Å². The number of hydrogen-bond acceptors (Lipinski definition) is 3. The minimum atomic E-state index is -0.165. The molecular weight excluding hydrogens is 217 g/mol. The van der Waals surface area contributed by atoms with Gasteiger partial charge in [0.05, 0.1) is 0 Å². The quantitative estimate of drug-likeness (QED) is 0.823. The second-order valence-electron chi connectivity index (χ2n) is 4.56. The molecule has 0 radical (unpaired) electrons. The molecule has 1 heterocycles. The summed E-state index contributed by atoms with van der Waals surface area (Å²) < 4.78 is 14.3. The zero-order valence-electron chi connectivity index (χ0n) is 10.5. The summed E-state index contributed by atoms with van der Waals surface area (Å²) in [5.74, 6) is 0.365. The topological polar surface area (TPSA) is 28.2 Å². The van der Waals surface area contributed by atoms with Gasteiger partial charge in [-0.25, -0.2) is 9.37 Å². The van der Waals surface area contributed by atoms with Crippen LogP contribution in [0.5, 0.6) is 0 Å². The van der Waals surface area contributed by atoms with Gasteiger partial charge < -0.3 is 10.2 Å². The smallest absolute Gasteiger partial charge is 0.170 e. The Hall–Kier alpha value is -1.16. The van der Waals surface area contributed by atoms with Crippen LogP contribution in [0.3, 0.4) is 0 Å². The number of aromatic nitrogens is 1. The molecule has 0 unspecified atom stereocenters. The summed E-state index contributed by atoms with van der Waals surface area (Å²) in [6, 6.07) is 2.24. The maximum absolute atomic E-state index is 14.3. The molecule has 1 fully saturated rings. The highest BCUT2D eigenvalue weighted by Crippen LogP contribution is 2.32. The van der Waals surface area contributed by atoms with Crippen molar-refractivity contribution in [1.82, 2.24) is 10.3 Å². The van der Waals surface area contributed by atoms with Crippen molar-refractivity contribution in [3.05, 3.63) is 23.6 Å². The number of rotatable bonds is 6. The highest BCUT2D eigenvalue weighted by molar-refractivity contribution is 5.45. The van der Waals surface area contributed by atoms with Crippen LogP contribution in [0.25, 0.3) is 0 Å². The number of hydrogen-bond donors (Lipinski definition) is 1. The molecule has 1 N–H and O–H groups in total. The monoisotopic (exact) mass is 237 g/mol. The molecule has 94 valence electrons. The lowest BCUT2D eigenvalue weighted by Crippen LogP contribution is -2.29. The van der Waals surface area contributed by atoms with Gasteiger partial charge in [0.15, 0.2) is 11.6 Å². The Kier molecular flexibility index (Phi) is 3.94. The van der Waals surface area contributed by atoms with Gasteiger partial charge in [-0.05, 0) is 32.4 Å². The minimum Gasteiger partial charge on any atom is -0.351 e. The zero-order chi connectivity index (χ0) is 12.3. The van der Waals surface area contributed by atoms with Gasteiger partial charge in [-0.3, -0.25) is 0 Å². The molecule has 3 nitrogen and oxygen atoms in total. The molecule has 0 atom stereocenters. The third-order valence-electron chi connectivity index (χ3n) is 3.04. The molecule has 1 aromatic heterocycles. The molecule has 0 aliphatic heterocycles. The van der Waals surface area contributed by atoms with Crippen LogP contribution in [0.4, 0.5) is 10.2 Å². The molecular formula is C13H20FN3. The van der Waals surface area contributed by atoms with Crippen molar-refractivity contribution in [2.75, 3.05) is 18.5 Å². The normalized spacial score (nSPS) is 15.0. The van der Waals surface area contributed by atoms with Crippen LogP contribution in [0.2, 0.25) is 0 Å². The fourth-order valence-corrected chi connectivity index (χ4v) is 2.09. The van der Waals surface area contributed by atoms with Crippen LogP contribution in [0, 0.1) is 5.82 Å². The average Bonchev–Trinajstić information content (AvgIpc) is 3.14. The average molecular weight is 237 g/mol. The van der Waals surface area contributed by atoms with Gasteiger partial charge >= 0.3 is 0 Å². The van der Waals surface area contributed by atoms with Gasteiger partial charge in [0.25, 0.3) is 0 Å². The Bertz CT molecular complexity index is 377. The number of nitrogens with zero attached hydrogens (tertiary/aromatic N) is 2. The summed E-state index contributed by atoms with van der Waals surface area (Å²) in [7, 11) is 1.82. The molecule has 1 aromatic rings. The molecule has 0 aromatic carbocycles. The van der Waals surface area contributed by atoms with Crippen LogP contribution in [-0.4, -0.2) is 24.6 Å². The van der Waals surface area contributed by atoms with Gasteiger partial charge in [0, 0.05) is 30.9 Å². The Morgan fingerprint density at radius 3 is 2.88 bits per heavy atom. The molecule has 4 heteroatoms. The summed E-state index contributed by atoms with van der Waals surface area (Å²) in [6.45, 7) is 3.55. The Labute approximate surface area is 102 Å². The van der Waals surface area contributed by atoms with Crippen molar-refractivity contribution in [2.45, 2.75) is 38.8 Å². The molecule has 0 spiro atoms. The van der Waals surface area contributed by atoms with Crippen molar-refractivity contribution in [2.24, 2.45) is 0 Å². The van der Waals surface area contributed by atoms with E-state index in [0.29, 0.717) is 24.0 Å². The van der Waals surface area contributed by atoms with Crippen molar-refractivity contribution in [1.29, 1.82) is 0 Å². The molecule has 2 rings (SSSR count). The van der Waals surface area contributed by atoms with E-state index >= 15 is 0 Å². The van der Waals surface area contributed by atoms with E-state index in [1.807, 2.05) is 7.05 Å². The summed E-state index contributed by atoms with van der Waals surface area (Å²) in [4.78, 5) is 6.34. The predicted octanol–water partition coefficient (Wildman–Crippen LogP) is 2.32. The van der Waals surface area contributed by atoms with Crippen molar-refractivity contribution in [3.8, 4) is 0 Å². The number of halogens is 1. The first-order valence-electron chi connectivity index (χ1n) is 6.32. The zero-order valence-corrected chi connectivity index (χ0v) is 10.5. The van der Waals surface area contributed by atoms with Gasteiger partial charge in [-0.2, -0.15) is 0 Å². The van der Waals surface area contributed by atoms with E-state index in [9.17, 15) is 4.39 Å². The standard InChI is InChI=1S/C13H20FN3/c1-3-8-17(11-4-5-11)13-12(14)10(9-15-2)6-7-16-13/h6-7,11,15H,3-5,8-9H2,1-2H3. The molecule has 17 heavy (non-hydrogen) atoms. The molecule has 1 aliphatic carbocycles. The highest BCUT2D eigenvalue weighted by Gasteiger charge is 2.31. The van der Waals surface area contributed by atoms with E-state index in [1.165, 1.54) is 0 Å². The summed E-state index contributed by atoms with van der Waals surface area (Å²) in [5, 5.41) is 2.98. The summed E-state index contributed by atoms with van der Waals surface area (Å²) in [6.07, 6.45) is 5.05. The van der Waals surface area contributed by atoms with Crippen LogP contribution in [0.15, 0.2) is 12.3 Å². The predicted molar refractivity (Wildman–Crippen MR) is 67.6 cm³/mol. The number of anilines is 1. The van der Waals surface area contributed by atoms with E-state index in [2.05, 4.69) is 22.1 Å². The van der Waals surface area contributed by atoms with Crippen molar-refractivity contribution >= 4 is 5.82 Å². The first-order valence-corrected chi connectivity index (χ1v) is 6.32. The van der Waals surface area contributed by atoms with Crippen LogP contribution < -0.4 is 10.2 Å². The van der Waals surface area contributed by atoms with E-state index < -0.39 is 0 Å². The largest absolute Gasteiger partial charge is 0.351 e. The van der Waals surface area contributed by atoms with E-state index in [0.717, 1.165) is 25.8 Å². The van der Waals surface area contributed by atoms with Gasteiger partial charge in [-0.1, -0.05) is 6.92 Å². The maximum atomic E-state index is 14.3. The molecule has 0 amide bonds. The van der Waals surface area contributed by atoms with E-state index in [1.54, 1.807) is 12.3 Å². The fraction of sp³-hybridized carbons (Fsp3) is 0.615. The first-order chi connectivity index (χ1) is 8.27. The summed E-state index contributed by atoms with van der Waals surface area (Å²) >= 11 is 0. The third kappa shape index (κ3) is 2.75. The Balaban J connectivity index is 2.25. The number of pyridine rings is 1. The van der Waals surface area contributed by atoms with Crippen molar-refractivity contribution in [3.63, 3.8) is 0 Å². The highest BCUT2D eigenvalue weighted by atomic mass is 19.1. The molecule has 0 saturated heterocycles. The maximum Gasteiger partial charge on any atom is 0.170 e. The fourth-order valence-electron chi connectivity index (χ4n) is 2.09.